The fourth-order valence-electron chi connectivity index (χ4n) is 3.78. The molecule has 0 saturated carbocycles. The van der Waals surface area contributed by atoms with E-state index in [0.29, 0.717) is 36.3 Å². The van der Waals surface area contributed by atoms with Crippen molar-refractivity contribution in [2.75, 3.05) is 27.3 Å². The van der Waals surface area contributed by atoms with Crippen molar-refractivity contribution < 1.29 is 18.8 Å². The molecule has 1 aromatic carbocycles. The number of ether oxygens (including phenoxy) is 2. The summed E-state index contributed by atoms with van der Waals surface area (Å²) in [5, 5.41) is 7.09. The number of piperidine rings is 1. The molecule has 3 aromatic rings. The summed E-state index contributed by atoms with van der Waals surface area (Å²) in [5.41, 5.74) is 1.65. The third kappa shape index (κ3) is 5.23. The zero-order valence-corrected chi connectivity index (χ0v) is 18.3. The molecule has 0 bridgehead atoms. The van der Waals surface area contributed by atoms with Gasteiger partial charge >= 0.3 is 0 Å². The van der Waals surface area contributed by atoms with Crippen LogP contribution in [-0.2, 0) is 17.9 Å². The Kier molecular flexibility index (Phi) is 6.96. The molecule has 9 heteroatoms. The molecular formula is C23H27N5O4. The lowest BCUT2D eigenvalue weighted by molar-refractivity contribution is -0.126. The molecule has 1 fully saturated rings. The summed E-state index contributed by atoms with van der Waals surface area (Å²) in [5.74, 6) is 2.41. The zero-order chi connectivity index (χ0) is 22.3. The largest absolute Gasteiger partial charge is 0.493 e. The second-order valence-electron chi connectivity index (χ2n) is 7.67. The molecule has 3 heterocycles. The minimum absolute atomic E-state index is 0.0139. The molecule has 4 rings (SSSR count). The summed E-state index contributed by atoms with van der Waals surface area (Å²) in [4.78, 5) is 23.5. The molecule has 0 spiro atoms. The van der Waals surface area contributed by atoms with Crippen molar-refractivity contribution in [3.8, 4) is 22.9 Å². The second-order valence-corrected chi connectivity index (χ2v) is 7.67. The molecule has 1 aliphatic rings. The van der Waals surface area contributed by atoms with Crippen LogP contribution in [0.15, 0.2) is 47.1 Å². The van der Waals surface area contributed by atoms with Crippen LogP contribution in [0.5, 0.6) is 11.5 Å². The van der Waals surface area contributed by atoms with Crippen molar-refractivity contribution in [3.63, 3.8) is 0 Å². The van der Waals surface area contributed by atoms with Crippen LogP contribution in [0, 0.1) is 5.92 Å². The Morgan fingerprint density at radius 2 is 1.97 bits per heavy atom. The first-order valence-corrected chi connectivity index (χ1v) is 10.6. The number of nitrogens with one attached hydrogen (secondary N) is 1. The topological polar surface area (TPSA) is 103 Å². The number of benzene rings is 1. The summed E-state index contributed by atoms with van der Waals surface area (Å²) >= 11 is 0. The highest BCUT2D eigenvalue weighted by molar-refractivity contribution is 5.78. The van der Waals surface area contributed by atoms with Crippen LogP contribution < -0.4 is 14.8 Å². The quantitative estimate of drug-likeness (QED) is 0.574. The van der Waals surface area contributed by atoms with Crippen LogP contribution in [0.4, 0.5) is 0 Å². The predicted molar refractivity (Wildman–Crippen MR) is 117 cm³/mol. The molecular weight excluding hydrogens is 410 g/mol. The van der Waals surface area contributed by atoms with E-state index >= 15 is 0 Å². The van der Waals surface area contributed by atoms with E-state index in [9.17, 15) is 4.79 Å². The van der Waals surface area contributed by atoms with E-state index in [2.05, 4.69) is 25.3 Å². The Bertz CT molecular complexity index is 1030. The molecule has 0 atom stereocenters. The first-order valence-electron chi connectivity index (χ1n) is 10.6. The number of carbonyl (C=O) groups excluding carboxylic acids is 1. The van der Waals surface area contributed by atoms with Crippen LogP contribution in [0.3, 0.4) is 0 Å². The van der Waals surface area contributed by atoms with E-state index in [-0.39, 0.29) is 11.8 Å². The standard InChI is InChI=1S/C23H27N5O4/c1-30-19-7-6-17(13-20(19)31-2)22-26-21(32-27-22)15-28-11-8-16(9-12-28)23(29)25-14-18-5-3-4-10-24-18/h3-7,10,13,16H,8-9,11-12,14-15H2,1-2H3,(H,25,29). The Morgan fingerprint density at radius 3 is 2.69 bits per heavy atom. The number of aromatic nitrogens is 3. The predicted octanol–water partition coefficient (Wildman–Crippen LogP) is 2.68. The maximum Gasteiger partial charge on any atom is 0.241 e. The molecule has 32 heavy (non-hydrogen) atoms. The highest BCUT2D eigenvalue weighted by Crippen LogP contribution is 2.31. The molecule has 2 aromatic heterocycles. The number of nitrogens with zero attached hydrogens (tertiary/aromatic N) is 4. The molecule has 9 nitrogen and oxygen atoms in total. The van der Waals surface area contributed by atoms with Gasteiger partial charge in [-0.25, -0.2) is 0 Å². The summed E-state index contributed by atoms with van der Waals surface area (Å²) in [6.07, 6.45) is 3.32. The number of amides is 1. The van der Waals surface area contributed by atoms with Gasteiger partial charge < -0.3 is 19.3 Å². The van der Waals surface area contributed by atoms with Gasteiger partial charge in [0.25, 0.3) is 0 Å². The number of carbonyl (C=O) groups is 1. The van der Waals surface area contributed by atoms with Gasteiger partial charge in [-0.2, -0.15) is 4.98 Å². The summed E-state index contributed by atoms with van der Waals surface area (Å²) in [6.45, 7) is 2.62. The van der Waals surface area contributed by atoms with Crippen molar-refractivity contribution in [3.05, 3.63) is 54.2 Å². The van der Waals surface area contributed by atoms with Crippen LogP contribution in [0.2, 0.25) is 0 Å². The van der Waals surface area contributed by atoms with Crippen molar-refractivity contribution in [2.24, 2.45) is 5.92 Å². The minimum Gasteiger partial charge on any atom is -0.493 e. The smallest absolute Gasteiger partial charge is 0.241 e. The van der Waals surface area contributed by atoms with E-state index in [0.717, 1.165) is 37.2 Å². The summed E-state index contributed by atoms with van der Waals surface area (Å²) < 4.78 is 16.1. The third-order valence-electron chi connectivity index (χ3n) is 5.60. The highest BCUT2D eigenvalue weighted by Gasteiger charge is 2.26. The van der Waals surface area contributed by atoms with Gasteiger partial charge in [-0.05, 0) is 56.3 Å². The maximum absolute atomic E-state index is 12.5. The first kappa shape index (κ1) is 21.8. The van der Waals surface area contributed by atoms with Gasteiger partial charge in [-0.3, -0.25) is 14.7 Å². The number of rotatable bonds is 8. The average molecular weight is 438 g/mol. The number of pyridine rings is 1. The lowest BCUT2D eigenvalue weighted by atomic mass is 9.96. The highest BCUT2D eigenvalue weighted by atomic mass is 16.5. The molecule has 0 unspecified atom stereocenters. The van der Waals surface area contributed by atoms with E-state index in [4.69, 9.17) is 14.0 Å². The van der Waals surface area contributed by atoms with E-state index in [1.807, 2.05) is 36.4 Å². The zero-order valence-electron chi connectivity index (χ0n) is 18.3. The second kappa shape index (κ2) is 10.2. The molecule has 1 aliphatic heterocycles. The summed E-state index contributed by atoms with van der Waals surface area (Å²) in [6, 6.07) is 11.2. The third-order valence-corrected chi connectivity index (χ3v) is 5.60. The number of likely N-dealkylation sites (tertiary alicyclic amines) is 1. The van der Waals surface area contributed by atoms with E-state index in [1.165, 1.54) is 0 Å². The van der Waals surface area contributed by atoms with Crippen LogP contribution in [-0.4, -0.2) is 53.2 Å². The molecule has 0 aliphatic carbocycles. The maximum atomic E-state index is 12.5. The van der Waals surface area contributed by atoms with Crippen molar-refractivity contribution >= 4 is 5.91 Å². The lowest BCUT2D eigenvalue weighted by Gasteiger charge is -2.30. The van der Waals surface area contributed by atoms with Gasteiger partial charge in [0.2, 0.25) is 17.6 Å². The molecule has 0 radical (unpaired) electrons. The van der Waals surface area contributed by atoms with Crippen LogP contribution in [0.25, 0.3) is 11.4 Å². The van der Waals surface area contributed by atoms with Crippen LogP contribution in [0.1, 0.15) is 24.4 Å². The fourth-order valence-corrected chi connectivity index (χ4v) is 3.78. The normalized spacial score (nSPS) is 14.8. The van der Waals surface area contributed by atoms with Gasteiger partial charge in [0.05, 0.1) is 33.0 Å². The molecule has 1 amide bonds. The first-order chi connectivity index (χ1) is 15.7. The fraction of sp³-hybridized carbons (Fsp3) is 0.391. The van der Waals surface area contributed by atoms with Crippen molar-refractivity contribution in [1.82, 2.24) is 25.3 Å². The number of hydrogen-bond acceptors (Lipinski definition) is 8. The Balaban J connectivity index is 1.28. The van der Waals surface area contributed by atoms with Gasteiger partial charge in [0.15, 0.2) is 11.5 Å². The number of hydrogen-bond donors (Lipinski definition) is 1. The Morgan fingerprint density at radius 1 is 1.16 bits per heavy atom. The Labute approximate surface area is 186 Å². The van der Waals surface area contributed by atoms with Gasteiger partial charge in [-0.15, -0.1) is 0 Å². The molecule has 1 N–H and O–H groups in total. The van der Waals surface area contributed by atoms with Gasteiger partial charge in [0, 0.05) is 17.7 Å². The van der Waals surface area contributed by atoms with E-state index < -0.39 is 0 Å². The minimum atomic E-state index is 0.0139. The van der Waals surface area contributed by atoms with Gasteiger partial charge in [-0.1, -0.05) is 11.2 Å². The van der Waals surface area contributed by atoms with Crippen LogP contribution >= 0.6 is 0 Å². The molecule has 1 saturated heterocycles. The van der Waals surface area contributed by atoms with Crippen molar-refractivity contribution in [2.45, 2.75) is 25.9 Å². The SMILES string of the molecule is COc1ccc(-c2noc(CN3CCC(C(=O)NCc4ccccn4)CC3)n2)cc1OC. The summed E-state index contributed by atoms with van der Waals surface area (Å²) in [7, 11) is 3.18. The van der Waals surface area contributed by atoms with E-state index in [1.54, 1.807) is 20.4 Å². The van der Waals surface area contributed by atoms with Crippen molar-refractivity contribution in [1.29, 1.82) is 0 Å². The van der Waals surface area contributed by atoms with Gasteiger partial charge in [0.1, 0.15) is 0 Å². The number of methoxy groups -OCH3 is 2. The Hall–Kier alpha value is -3.46. The lowest BCUT2D eigenvalue weighted by Crippen LogP contribution is -2.40. The average Bonchev–Trinajstić information content (AvgIpc) is 3.31. The molecule has 168 valence electrons. The monoisotopic (exact) mass is 437 g/mol.